The lowest BCUT2D eigenvalue weighted by atomic mass is 9.75. The zero-order valence-corrected chi connectivity index (χ0v) is 20.4. The standard InChI is InChI=1S/C29H28N4O3/c1-18-15-22(27-31-19(2)36-33-27)7-9-24(18)20-3-5-21(6-4-20)28(34)32-23-8-10-26-25(16-23)29(17-35-26)11-13-30-14-12-29/h3-10,15-16,30H,11-14,17H2,1-2H3,(H,32,34). The number of anilines is 1. The van der Waals surface area contributed by atoms with Gasteiger partial charge in [-0.25, -0.2) is 0 Å². The van der Waals surface area contributed by atoms with Gasteiger partial charge in [-0.05, 0) is 85.9 Å². The van der Waals surface area contributed by atoms with Crippen molar-refractivity contribution in [2.75, 3.05) is 25.0 Å². The van der Waals surface area contributed by atoms with E-state index < -0.39 is 0 Å². The second-order valence-electron chi connectivity index (χ2n) is 9.73. The van der Waals surface area contributed by atoms with Crippen LogP contribution in [0.3, 0.4) is 0 Å². The van der Waals surface area contributed by atoms with Gasteiger partial charge in [-0.1, -0.05) is 29.4 Å². The van der Waals surface area contributed by atoms with Crippen LogP contribution in [0.5, 0.6) is 5.75 Å². The molecule has 2 aliphatic heterocycles. The minimum atomic E-state index is -0.126. The lowest BCUT2D eigenvalue weighted by Crippen LogP contribution is -2.41. The summed E-state index contributed by atoms with van der Waals surface area (Å²) in [5.74, 6) is 1.94. The molecular formula is C29H28N4O3. The number of carbonyl (C=O) groups excluding carboxylic acids is 1. The molecule has 3 heterocycles. The molecule has 1 amide bonds. The molecule has 0 aliphatic carbocycles. The van der Waals surface area contributed by atoms with E-state index in [2.05, 4.69) is 39.8 Å². The number of hydrogen-bond donors (Lipinski definition) is 2. The number of aryl methyl sites for hydroxylation is 2. The van der Waals surface area contributed by atoms with Crippen LogP contribution in [0.1, 0.15) is 40.2 Å². The van der Waals surface area contributed by atoms with Gasteiger partial charge in [0.2, 0.25) is 11.7 Å². The molecule has 36 heavy (non-hydrogen) atoms. The maximum atomic E-state index is 13.0. The predicted octanol–water partition coefficient (Wildman–Crippen LogP) is 5.29. The van der Waals surface area contributed by atoms with E-state index in [0.717, 1.165) is 66.2 Å². The molecule has 182 valence electrons. The molecule has 7 nitrogen and oxygen atoms in total. The molecule has 4 aromatic rings. The summed E-state index contributed by atoms with van der Waals surface area (Å²) in [6.07, 6.45) is 2.10. The number of fused-ring (bicyclic) bond motifs is 2. The molecule has 7 heteroatoms. The van der Waals surface area contributed by atoms with Gasteiger partial charge in [0.15, 0.2) is 0 Å². The van der Waals surface area contributed by atoms with E-state index in [1.807, 2.05) is 48.5 Å². The van der Waals surface area contributed by atoms with Crippen LogP contribution in [0.2, 0.25) is 0 Å². The van der Waals surface area contributed by atoms with E-state index in [0.29, 0.717) is 17.3 Å². The van der Waals surface area contributed by atoms with Crippen molar-refractivity contribution in [2.45, 2.75) is 32.1 Å². The van der Waals surface area contributed by atoms with Gasteiger partial charge in [0.05, 0.1) is 6.61 Å². The van der Waals surface area contributed by atoms with E-state index in [9.17, 15) is 4.79 Å². The monoisotopic (exact) mass is 480 g/mol. The average Bonchev–Trinajstić information content (AvgIpc) is 3.48. The molecule has 0 radical (unpaired) electrons. The van der Waals surface area contributed by atoms with Crippen LogP contribution in [-0.2, 0) is 5.41 Å². The van der Waals surface area contributed by atoms with E-state index in [4.69, 9.17) is 9.26 Å². The highest BCUT2D eigenvalue weighted by Gasteiger charge is 2.41. The second-order valence-corrected chi connectivity index (χ2v) is 9.73. The topological polar surface area (TPSA) is 89.3 Å². The lowest BCUT2D eigenvalue weighted by Gasteiger charge is -2.32. The maximum absolute atomic E-state index is 13.0. The molecule has 3 aromatic carbocycles. The summed E-state index contributed by atoms with van der Waals surface area (Å²) >= 11 is 0. The Labute approximate surface area is 209 Å². The molecule has 0 bridgehead atoms. The van der Waals surface area contributed by atoms with Crippen LogP contribution >= 0.6 is 0 Å². The first-order chi connectivity index (χ1) is 17.5. The summed E-state index contributed by atoms with van der Waals surface area (Å²) in [7, 11) is 0. The highest BCUT2D eigenvalue weighted by molar-refractivity contribution is 6.04. The number of nitrogens with one attached hydrogen (secondary N) is 2. The summed E-state index contributed by atoms with van der Waals surface area (Å²) in [6, 6.07) is 19.8. The van der Waals surface area contributed by atoms with Crippen molar-refractivity contribution >= 4 is 11.6 Å². The minimum Gasteiger partial charge on any atom is -0.492 e. The fourth-order valence-electron chi connectivity index (χ4n) is 5.31. The first-order valence-electron chi connectivity index (χ1n) is 12.3. The molecule has 6 rings (SSSR count). The SMILES string of the molecule is Cc1nc(-c2ccc(-c3ccc(C(=O)Nc4ccc5c(c4)C4(CCNCC4)CO5)cc3)c(C)c2)no1. The molecule has 2 N–H and O–H groups in total. The zero-order chi connectivity index (χ0) is 24.7. The molecule has 0 saturated carbocycles. The fraction of sp³-hybridized carbons (Fsp3) is 0.276. The number of carbonyl (C=O) groups is 1. The summed E-state index contributed by atoms with van der Waals surface area (Å²) in [6.45, 7) is 6.53. The molecule has 1 aromatic heterocycles. The smallest absolute Gasteiger partial charge is 0.255 e. The predicted molar refractivity (Wildman–Crippen MR) is 138 cm³/mol. The molecule has 1 fully saturated rings. The van der Waals surface area contributed by atoms with Crippen LogP contribution < -0.4 is 15.4 Å². The Bertz CT molecular complexity index is 1430. The van der Waals surface area contributed by atoms with Crippen LogP contribution in [0.25, 0.3) is 22.5 Å². The van der Waals surface area contributed by atoms with Crippen molar-refractivity contribution in [3.63, 3.8) is 0 Å². The summed E-state index contributed by atoms with van der Waals surface area (Å²) < 4.78 is 11.1. The molecule has 1 saturated heterocycles. The Morgan fingerprint density at radius 3 is 2.47 bits per heavy atom. The quantitative estimate of drug-likeness (QED) is 0.413. The first-order valence-corrected chi connectivity index (χ1v) is 12.3. The van der Waals surface area contributed by atoms with Gasteiger partial charge in [0, 0.05) is 34.7 Å². The highest BCUT2D eigenvalue weighted by Crippen LogP contribution is 2.45. The summed E-state index contributed by atoms with van der Waals surface area (Å²) in [5.41, 5.74) is 6.83. The Morgan fingerprint density at radius 2 is 1.75 bits per heavy atom. The number of aromatic nitrogens is 2. The summed E-state index contributed by atoms with van der Waals surface area (Å²) in [5, 5.41) is 10.5. The molecule has 2 aliphatic rings. The largest absolute Gasteiger partial charge is 0.492 e. The average molecular weight is 481 g/mol. The number of piperidine rings is 1. The van der Waals surface area contributed by atoms with Crippen LogP contribution in [-0.4, -0.2) is 35.7 Å². The first kappa shape index (κ1) is 22.5. The van der Waals surface area contributed by atoms with Crippen LogP contribution in [0, 0.1) is 13.8 Å². The van der Waals surface area contributed by atoms with E-state index >= 15 is 0 Å². The number of ether oxygens (including phenoxy) is 1. The highest BCUT2D eigenvalue weighted by atomic mass is 16.5. The number of hydrogen-bond acceptors (Lipinski definition) is 6. The van der Waals surface area contributed by atoms with Gasteiger partial charge in [-0.3, -0.25) is 4.79 Å². The summed E-state index contributed by atoms with van der Waals surface area (Å²) in [4.78, 5) is 17.3. The Kier molecular flexibility index (Phi) is 5.57. The zero-order valence-electron chi connectivity index (χ0n) is 20.4. The van der Waals surface area contributed by atoms with Crippen LogP contribution in [0.4, 0.5) is 5.69 Å². The number of rotatable bonds is 4. The number of nitrogens with zero attached hydrogens (tertiary/aromatic N) is 2. The van der Waals surface area contributed by atoms with Crippen molar-refractivity contribution in [1.82, 2.24) is 15.5 Å². The van der Waals surface area contributed by atoms with Gasteiger partial charge in [0.25, 0.3) is 5.91 Å². The van der Waals surface area contributed by atoms with Crippen LogP contribution in [0.15, 0.2) is 65.2 Å². The third-order valence-electron chi connectivity index (χ3n) is 7.34. The Hall–Kier alpha value is -3.97. The minimum absolute atomic E-state index is 0.0545. The van der Waals surface area contributed by atoms with Crippen molar-refractivity contribution < 1.29 is 14.1 Å². The fourth-order valence-corrected chi connectivity index (χ4v) is 5.31. The van der Waals surface area contributed by atoms with E-state index in [1.54, 1.807) is 6.92 Å². The third kappa shape index (κ3) is 4.05. The van der Waals surface area contributed by atoms with Crippen molar-refractivity contribution in [2.24, 2.45) is 0 Å². The third-order valence-corrected chi connectivity index (χ3v) is 7.34. The van der Waals surface area contributed by atoms with Gasteiger partial charge in [-0.2, -0.15) is 4.98 Å². The Balaban J connectivity index is 1.19. The van der Waals surface area contributed by atoms with Gasteiger partial charge >= 0.3 is 0 Å². The number of amides is 1. The van der Waals surface area contributed by atoms with Gasteiger partial charge in [0.1, 0.15) is 5.75 Å². The number of benzene rings is 3. The molecule has 1 spiro atoms. The van der Waals surface area contributed by atoms with Gasteiger partial charge in [-0.15, -0.1) is 0 Å². The molecule has 0 atom stereocenters. The van der Waals surface area contributed by atoms with E-state index in [-0.39, 0.29) is 11.3 Å². The molecule has 0 unspecified atom stereocenters. The normalized spacial score (nSPS) is 15.9. The van der Waals surface area contributed by atoms with Crippen molar-refractivity contribution in [1.29, 1.82) is 0 Å². The second kappa shape index (κ2) is 8.91. The van der Waals surface area contributed by atoms with Gasteiger partial charge < -0.3 is 19.9 Å². The maximum Gasteiger partial charge on any atom is 0.255 e. The van der Waals surface area contributed by atoms with E-state index in [1.165, 1.54) is 5.56 Å². The molecular weight excluding hydrogens is 452 g/mol. The lowest BCUT2D eigenvalue weighted by molar-refractivity contribution is 0.102. The van der Waals surface area contributed by atoms with Crippen molar-refractivity contribution in [3.8, 4) is 28.3 Å². The van der Waals surface area contributed by atoms with Crippen molar-refractivity contribution in [3.05, 3.63) is 83.2 Å². The Morgan fingerprint density at radius 1 is 0.972 bits per heavy atom.